The number of nitrogens with two attached hydrogens (primary N) is 1. The molecule has 1 aromatic carbocycles. The molecule has 0 amide bonds. The topological polar surface area (TPSA) is 55.0 Å². The Morgan fingerprint density at radius 2 is 2.00 bits per heavy atom. The lowest BCUT2D eigenvalue weighted by atomic mass is 9.99. The van der Waals surface area contributed by atoms with Crippen LogP contribution in [0.2, 0.25) is 0 Å². The Labute approximate surface area is 118 Å². The minimum Gasteiger partial charge on any atom is -0.399 e. The molecular formula is C16H18N4. The fourth-order valence-electron chi connectivity index (χ4n) is 3.37. The van der Waals surface area contributed by atoms with Gasteiger partial charge in [0.1, 0.15) is 12.1 Å². The zero-order valence-electron chi connectivity index (χ0n) is 11.5. The van der Waals surface area contributed by atoms with Gasteiger partial charge in [0.2, 0.25) is 0 Å². The Morgan fingerprint density at radius 1 is 1.05 bits per heavy atom. The van der Waals surface area contributed by atoms with Crippen molar-refractivity contribution >= 4 is 11.5 Å². The Bertz CT molecular complexity index is 666. The van der Waals surface area contributed by atoms with Gasteiger partial charge in [-0.3, -0.25) is 0 Å². The number of rotatable bonds is 1. The summed E-state index contributed by atoms with van der Waals surface area (Å²) < 4.78 is 0. The summed E-state index contributed by atoms with van der Waals surface area (Å²) in [7, 11) is 0. The van der Waals surface area contributed by atoms with Crippen LogP contribution in [-0.2, 0) is 25.8 Å². The molecule has 0 atom stereocenters. The Hall–Kier alpha value is -2.10. The Morgan fingerprint density at radius 3 is 2.95 bits per heavy atom. The standard InChI is InChI=1S/C16H18N4/c17-13-5-4-11-6-7-20(9-12(11)8-13)16-14-2-1-3-15(14)18-10-19-16/h4-5,8,10H,1-3,6-7,9,17H2. The van der Waals surface area contributed by atoms with E-state index in [-0.39, 0.29) is 0 Å². The summed E-state index contributed by atoms with van der Waals surface area (Å²) in [6.07, 6.45) is 6.20. The van der Waals surface area contributed by atoms with Crippen molar-refractivity contribution in [2.24, 2.45) is 0 Å². The fraction of sp³-hybridized carbons (Fsp3) is 0.375. The quantitative estimate of drug-likeness (QED) is 0.803. The second kappa shape index (κ2) is 4.47. The summed E-state index contributed by atoms with van der Waals surface area (Å²) in [4.78, 5) is 11.4. The van der Waals surface area contributed by atoms with Gasteiger partial charge >= 0.3 is 0 Å². The number of aryl methyl sites for hydroxylation is 1. The zero-order valence-corrected chi connectivity index (χ0v) is 11.5. The molecule has 1 aliphatic heterocycles. The fourth-order valence-corrected chi connectivity index (χ4v) is 3.37. The molecule has 4 heteroatoms. The van der Waals surface area contributed by atoms with E-state index in [9.17, 15) is 0 Å². The maximum Gasteiger partial charge on any atom is 0.135 e. The molecule has 2 N–H and O–H groups in total. The summed E-state index contributed by atoms with van der Waals surface area (Å²) >= 11 is 0. The normalized spacial score (nSPS) is 16.9. The SMILES string of the molecule is Nc1ccc2c(c1)CN(c1ncnc3c1CCC3)CC2. The van der Waals surface area contributed by atoms with E-state index in [4.69, 9.17) is 5.73 Å². The van der Waals surface area contributed by atoms with Crippen LogP contribution in [-0.4, -0.2) is 16.5 Å². The van der Waals surface area contributed by atoms with Gasteiger partial charge in [-0.2, -0.15) is 0 Å². The zero-order chi connectivity index (χ0) is 13.5. The lowest BCUT2D eigenvalue weighted by Crippen LogP contribution is -2.32. The minimum atomic E-state index is 0.846. The third-order valence-electron chi connectivity index (χ3n) is 4.39. The van der Waals surface area contributed by atoms with Crippen molar-refractivity contribution in [3.05, 3.63) is 46.9 Å². The molecule has 1 aliphatic carbocycles. The van der Waals surface area contributed by atoms with Gasteiger partial charge in [-0.1, -0.05) is 6.07 Å². The highest BCUT2D eigenvalue weighted by atomic mass is 15.2. The number of fused-ring (bicyclic) bond motifs is 2. The smallest absolute Gasteiger partial charge is 0.135 e. The molecule has 20 heavy (non-hydrogen) atoms. The van der Waals surface area contributed by atoms with Crippen LogP contribution >= 0.6 is 0 Å². The number of aromatic nitrogens is 2. The van der Waals surface area contributed by atoms with Crippen molar-refractivity contribution in [1.82, 2.24) is 9.97 Å². The van der Waals surface area contributed by atoms with Crippen LogP contribution in [0.5, 0.6) is 0 Å². The van der Waals surface area contributed by atoms with Crippen LogP contribution in [0.3, 0.4) is 0 Å². The molecule has 0 spiro atoms. The molecule has 4 nitrogen and oxygen atoms in total. The van der Waals surface area contributed by atoms with E-state index in [1.54, 1.807) is 6.33 Å². The number of hydrogen-bond donors (Lipinski definition) is 1. The minimum absolute atomic E-state index is 0.846. The molecule has 1 aromatic heterocycles. The van der Waals surface area contributed by atoms with Crippen molar-refractivity contribution in [2.45, 2.75) is 32.2 Å². The average molecular weight is 266 g/mol. The number of anilines is 2. The van der Waals surface area contributed by atoms with Crippen LogP contribution in [0.25, 0.3) is 0 Å². The van der Waals surface area contributed by atoms with Gasteiger partial charge in [-0.05, 0) is 48.9 Å². The second-order valence-electron chi connectivity index (χ2n) is 5.68. The van der Waals surface area contributed by atoms with E-state index in [1.165, 1.54) is 28.8 Å². The number of benzene rings is 1. The maximum absolute atomic E-state index is 5.91. The third-order valence-corrected chi connectivity index (χ3v) is 4.39. The van der Waals surface area contributed by atoms with E-state index >= 15 is 0 Å². The predicted octanol–water partition coefficient (Wildman–Crippen LogP) is 2.11. The van der Waals surface area contributed by atoms with Crippen LogP contribution < -0.4 is 10.6 Å². The van der Waals surface area contributed by atoms with Crippen LogP contribution in [0.4, 0.5) is 11.5 Å². The Kier molecular flexibility index (Phi) is 2.62. The average Bonchev–Trinajstić information content (AvgIpc) is 2.94. The van der Waals surface area contributed by atoms with E-state index in [0.29, 0.717) is 0 Å². The second-order valence-corrected chi connectivity index (χ2v) is 5.68. The van der Waals surface area contributed by atoms with Gasteiger partial charge in [-0.25, -0.2) is 9.97 Å². The van der Waals surface area contributed by atoms with Crippen molar-refractivity contribution in [3.8, 4) is 0 Å². The molecule has 2 aromatic rings. The highest BCUT2D eigenvalue weighted by Gasteiger charge is 2.24. The van der Waals surface area contributed by atoms with Gasteiger partial charge in [-0.15, -0.1) is 0 Å². The molecule has 2 heterocycles. The van der Waals surface area contributed by atoms with Gasteiger partial charge in [0, 0.05) is 30.0 Å². The van der Waals surface area contributed by atoms with Gasteiger partial charge in [0.15, 0.2) is 0 Å². The molecule has 0 unspecified atom stereocenters. The van der Waals surface area contributed by atoms with Crippen molar-refractivity contribution in [3.63, 3.8) is 0 Å². The number of nitrogen functional groups attached to an aromatic ring is 1. The molecule has 0 radical (unpaired) electrons. The van der Waals surface area contributed by atoms with E-state index in [1.807, 2.05) is 6.07 Å². The lowest BCUT2D eigenvalue weighted by molar-refractivity contribution is 0.714. The molecule has 0 bridgehead atoms. The first-order chi connectivity index (χ1) is 9.81. The third kappa shape index (κ3) is 1.83. The summed E-state index contributed by atoms with van der Waals surface area (Å²) in [5, 5.41) is 0. The molecule has 102 valence electrons. The van der Waals surface area contributed by atoms with Crippen molar-refractivity contribution in [2.75, 3.05) is 17.2 Å². The summed E-state index contributed by atoms with van der Waals surface area (Å²) in [6.45, 7) is 1.93. The number of hydrogen-bond acceptors (Lipinski definition) is 4. The van der Waals surface area contributed by atoms with Crippen LogP contribution in [0, 0.1) is 0 Å². The Balaban J connectivity index is 1.70. The predicted molar refractivity (Wildman–Crippen MR) is 79.7 cm³/mol. The van der Waals surface area contributed by atoms with Gasteiger partial charge in [0.05, 0.1) is 0 Å². The molecule has 0 fully saturated rings. The van der Waals surface area contributed by atoms with E-state index in [2.05, 4.69) is 27.0 Å². The highest BCUT2D eigenvalue weighted by Crippen LogP contribution is 2.31. The first-order valence-electron chi connectivity index (χ1n) is 7.26. The molecule has 0 saturated carbocycles. The number of nitrogens with zero attached hydrogens (tertiary/aromatic N) is 3. The van der Waals surface area contributed by atoms with Gasteiger partial charge < -0.3 is 10.6 Å². The summed E-state index contributed by atoms with van der Waals surface area (Å²) in [6, 6.07) is 6.26. The van der Waals surface area contributed by atoms with Crippen molar-refractivity contribution in [1.29, 1.82) is 0 Å². The highest BCUT2D eigenvalue weighted by molar-refractivity contribution is 5.54. The molecule has 4 rings (SSSR count). The largest absolute Gasteiger partial charge is 0.399 e. The van der Waals surface area contributed by atoms with Crippen LogP contribution in [0.15, 0.2) is 24.5 Å². The lowest BCUT2D eigenvalue weighted by Gasteiger charge is -2.31. The molecule has 2 aliphatic rings. The summed E-state index contributed by atoms with van der Waals surface area (Å²) in [5.41, 5.74) is 12.1. The van der Waals surface area contributed by atoms with Crippen LogP contribution in [0.1, 0.15) is 28.8 Å². The molecular weight excluding hydrogens is 248 g/mol. The first-order valence-corrected chi connectivity index (χ1v) is 7.26. The van der Waals surface area contributed by atoms with Crippen molar-refractivity contribution < 1.29 is 0 Å². The van der Waals surface area contributed by atoms with Gasteiger partial charge in [0.25, 0.3) is 0 Å². The summed E-state index contributed by atoms with van der Waals surface area (Å²) in [5.74, 6) is 1.14. The van der Waals surface area contributed by atoms with E-state index in [0.717, 1.165) is 43.9 Å². The molecule has 0 saturated heterocycles. The maximum atomic E-state index is 5.91. The van der Waals surface area contributed by atoms with E-state index < -0.39 is 0 Å². The first kappa shape index (κ1) is 11.7. The monoisotopic (exact) mass is 266 g/mol.